The monoisotopic (exact) mass is 185 g/mol. The van der Waals surface area contributed by atoms with Gasteiger partial charge in [0, 0.05) is 4.57 Å². The second kappa shape index (κ2) is 4.19. The third kappa shape index (κ3) is 2.61. The highest BCUT2D eigenvalue weighted by Crippen LogP contribution is 2.23. The highest BCUT2D eigenvalue weighted by atomic mass is 31.1. The summed E-state index contributed by atoms with van der Waals surface area (Å²) < 4.78 is 14.9. The molecular formula is C8H10O3P+. The summed E-state index contributed by atoms with van der Waals surface area (Å²) in [7, 11) is -2.54. The van der Waals surface area contributed by atoms with Gasteiger partial charge in [0.05, 0.1) is 0 Å². The molecule has 0 radical (unpaired) electrons. The van der Waals surface area contributed by atoms with E-state index in [1.165, 1.54) is 0 Å². The van der Waals surface area contributed by atoms with Gasteiger partial charge in [-0.3, -0.25) is 0 Å². The first-order valence-electron chi connectivity index (χ1n) is 3.65. The van der Waals surface area contributed by atoms with Crippen LogP contribution >= 0.6 is 8.25 Å². The van der Waals surface area contributed by atoms with Gasteiger partial charge in [0.25, 0.3) is 0 Å². The van der Waals surface area contributed by atoms with E-state index in [1.54, 1.807) is 18.2 Å². The third-order valence-corrected chi connectivity index (χ3v) is 1.86. The minimum atomic E-state index is -2.54. The molecule has 1 aromatic carbocycles. The summed E-state index contributed by atoms with van der Waals surface area (Å²) in [5.41, 5.74) is 1.09. The van der Waals surface area contributed by atoms with Crippen LogP contribution in [0.2, 0.25) is 0 Å². The molecule has 0 aromatic heterocycles. The molecule has 0 heterocycles. The first kappa shape index (κ1) is 9.17. The molecule has 0 aliphatic rings. The van der Waals surface area contributed by atoms with Crippen molar-refractivity contribution < 1.29 is 14.0 Å². The van der Waals surface area contributed by atoms with Crippen LogP contribution < -0.4 is 4.52 Å². The Labute approximate surface area is 71.9 Å². The summed E-state index contributed by atoms with van der Waals surface area (Å²) in [5.74, 6) is 0.443. The maximum atomic E-state index is 10.3. The highest BCUT2D eigenvalue weighted by molar-refractivity contribution is 7.32. The zero-order valence-corrected chi connectivity index (χ0v) is 7.62. The third-order valence-electron chi connectivity index (χ3n) is 1.49. The minimum Gasteiger partial charge on any atom is -0.229 e. The van der Waals surface area contributed by atoms with Crippen LogP contribution in [0.15, 0.2) is 24.3 Å². The van der Waals surface area contributed by atoms with Crippen LogP contribution in [0.4, 0.5) is 0 Å². The van der Waals surface area contributed by atoms with Gasteiger partial charge < -0.3 is 0 Å². The molecule has 1 atom stereocenters. The number of aryl methyl sites for hydroxylation is 1. The Morgan fingerprint density at radius 1 is 1.58 bits per heavy atom. The van der Waals surface area contributed by atoms with Crippen molar-refractivity contribution in [2.75, 3.05) is 0 Å². The molecule has 4 heteroatoms. The van der Waals surface area contributed by atoms with Crippen molar-refractivity contribution in [1.29, 1.82) is 0 Å². The van der Waals surface area contributed by atoms with Crippen LogP contribution in [-0.2, 0) is 11.0 Å². The predicted molar refractivity (Wildman–Crippen MR) is 46.3 cm³/mol. The average molecular weight is 185 g/mol. The highest BCUT2D eigenvalue weighted by Gasteiger charge is 2.13. The molecule has 0 aliphatic heterocycles. The molecule has 0 spiro atoms. The van der Waals surface area contributed by atoms with Gasteiger partial charge in [0.1, 0.15) is 0 Å². The Balaban J connectivity index is 2.79. The SMILES string of the molecule is CCc1cccc(O[P+](=O)O)c1. The maximum absolute atomic E-state index is 10.3. The lowest BCUT2D eigenvalue weighted by Crippen LogP contribution is -1.83. The lowest BCUT2D eigenvalue weighted by Gasteiger charge is -1.95. The molecule has 0 fully saturated rings. The molecule has 1 unspecified atom stereocenters. The standard InChI is InChI=1S/C8H9O3P/c1-2-7-4-3-5-8(6-7)11-12(9)10/h3-6H,2H2,1H3/p+1. The van der Waals surface area contributed by atoms with Gasteiger partial charge in [0.2, 0.25) is 0 Å². The van der Waals surface area contributed by atoms with Crippen LogP contribution in [-0.4, -0.2) is 4.89 Å². The number of rotatable bonds is 3. The fourth-order valence-electron chi connectivity index (χ4n) is 0.912. The quantitative estimate of drug-likeness (QED) is 0.734. The van der Waals surface area contributed by atoms with Gasteiger partial charge in [-0.2, -0.15) is 0 Å². The van der Waals surface area contributed by atoms with Crippen molar-refractivity contribution >= 4 is 8.25 Å². The molecular weight excluding hydrogens is 175 g/mol. The molecule has 0 amide bonds. The smallest absolute Gasteiger partial charge is 0.229 e. The van der Waals surface area contributed by atoms with Crippen molar-refractivity contribution in [2.24, 2.45) is 0 Å². The van der Waals surface area contributed by atoms with E-state index in [2.05, 4.69) is 4.52 Å². The molecule has 0 bridgehead atoms. The van der Waals surface area contributed by atoms with E-state index in [-0.39, 0.29) is 0 Å². The fraction of sp³-hybridized carbons (Fsp3) is 0.250. The molecule has 1 aromatic rings. The Morgan fingerprint density at radius 2 is 2.33 bits per heavy atom. The zero-order valence-electron chi connectivity index (χ0n) is 6.73. The van der Waals surface area contributed by atoms with E-state index >= 15 is 0 Å². The van der Waals surface area contributed by atoms with E-state index in [9.17, 15) is 4.57 Å². The summed E-state index contributed by atoms with van der Waals surface area (Å²) in [6.45, 7) is 2.01. The molecule has 1 N–H and O–H groups in total. The van der Waals surface area contributed by atoms with Crippen molar-refractivity contribution in [1.82, 2.24) is 0 Å². The number of hydrogen-bond donors (Lipinski definition) is 1. The van der Waals surface area contributed by atoms with Crippen LogP contribution in [0.5, 0.6) is 5.75 Å². The van der Waals surface area contributed by atoms with Crippen LogP contribution in [0, 0.1) is 0 Å². The summed E-state index contributed by atoms with van der Waals surface area (Å²) in [4.78, 5) is 8.46. The van der Waals surface area contributed by atoms with E-state index in [1.807, 2.05) is 13.0 Å². The second-order valence-corrected chi connectivity index (χ2v) is 2.99. The zero-order chi connectivity index (χ0) is 8.97. The van der Waals surface area contributed by atoms with Crippen molar-refractivity contribution in [3.05, 3.63) is 29.8 Å². The lowest BCUT2D eigenvalue weighted by atomic mass is 10.2. The number of benzene rings is 1. The van der Waals surface area contributed by atoms with Crippen LogP contribution in [0.3, 0.4) is 0 Å². The first-order chi connectivity index (χ1) is 5.72. The summed E-state index contributed by atoms with van der Waals surface area (Å²) in [5, 5.41) is 0. The molecule has 0 saturated carbocycles. The Kier molecular flexibility index (Phi) is 3.20. The van der Waals surface area contributed by atoms with Crippen molar-refractivity contribution in [2.45, 2.75) is 13.3 Å². The Bertz CT molecular complexity index is 285. The summed E-state index contributed by atoms with van der Waals surface area (Å²) in [6.07, 6.45) is 0.888. The normalized spacial score (nSPS) is 11.0. The molecule has 0 saturated heterocycles. The van der Waals surface area contributed by atoms with Gasteiger partial charge in [0.15, 0.2) is 5.75 Å². The fourth-order valence-corrected chi connectivity index (χ4v) is 1.21. The van der Waals surface area contributed by atoms with Crippen molar-refractivity contribution in [3.8, 4) is 5.75 Å². The number of hydrogen-bond acceptors (Lipinski definition) is 2. The van der Waals surface area contributed by atoms with Crippen LogP contribution in [0.1, 0.15) is 12.5 Å². The van der Waals surface area contributed by atoms with E-state index in [4.69, 9.17) is 4.89 Å². The van der Waals surface area contributed by atoms with Crippen molar-refractivity contribution in [3.63, 3.8) is 0 Å². The molecule has 0 aliphatic carbocycles. The predicted octanol–water partition coefficient (Wildman–Crippen LogP) is 2.28. The minimum absolute atomic E-state index is 0.443. The Hall–Kier alpha value is -0.920. The van der Waals surface area contributed by atoms with Gasteiger partial charge in [-0.15, -0.1) is 4.89 Å². The van der Waals surface area contributed by atoms with Gasteiger partial charge in [-0.05, 0) is 24.1 Å². The molecule has 3 nitrogen and oxygen atoms in total. The second-order valence-electron chi connectivity index (χ2n) is 2.33. The van der Waals surface area contributed by atoms with Gasteiger partial charge in [-0.25, -0.2) is 4.52 Å². The van der Waals surface area contributed by atoms with E-state index < -0.39 is 8.25 Å². The van der Waals surface area contributed by atoms with Crippen LogP contribution in [0.25, 0.3) is 0 Å². The largest absolute Gasteiger partial charge is 0.747 e. The first-order valence-corrected chi connectivity index (χ1v) is 4.78. The summed E-state index contributed by atoms with van der Waals surface area (Å²) >= 11 is 0. The Morgan fingerprint density at radius 3 is 2.92 bits per heavy atom. The van der Waals surface area contributed by atoms with Gasteiger partial charge >= 0.3 is 8.25 Å². The summed E-state index contributed by atoms with van der Waals surface area (Å²) in [6, 6.07) is 7.15. The molecule has 64 valence electrons. The molecule has 1 rings (SSSR count). The maximum Gasteiger partial charge on any atom is 0.747 e. The average Bonchev–Trinajstić information content (AvgIpc) is 2.03. The lowest BCUT2D eigenvalue weighted by molar-refractivity contribution is 0.410. The van der Waals surface area contributed by atoms with Gasteiger partial charge in [-0.1, -0.05) is 19.1 Å². The molecule has 12 heavy (non-hydrogen) atoms. The topological polar surface area (TPSA) is 46.5 Å². The van der Waals surface area contributed by atoms with E-state index in [0.29, 0.717) is 5.75 Å². The van der Waals surface area contributed by atoms with E-state index in [0.717, 1.165) is 12.0 Å².